The number of aromatic carboxylic acids is 1. The monoisotopic (exact) mass is 278 g/mol. The number of furan rings is 1. The van der Waals surface area contributed by atoms with Crippen molar-refractivity contribution in [3.05, 3.63) is 40.7 Å². The number of rotatable bonds is 5. The van der Waals surface area contributed by atoms with E-state index in [1.165, 1.54) is 6.07 Å². The SMILES string of the molecule is Cc1noc(C)c1CCNC(=O)c1cc(C(=O)O)co1. The fraction of sp³-hybridized carbons (Fsp3) is 0.308. The average Bonchev–Trinajstić information content (AvgIpc) is 3.00. The van der Waals surface area contributed by atoms with E-state index in [1.807, 2.05) is 13.8 Å². The van der Waals surface area contributed by atoms with Crippen molar-refractivity contribution >= 4 is 11.9 Å². The van der Waals surface area contributed by atoms with Gasteiger partial charge in [-0.1, -0.05) is 5.16 Å². The van der Waals surface area contributed by atoms with E-state index in [1.54, 1.807) is 0 Å². The molecule has 0 aliphatic carbocycles. The van der Waals surface area contributed by atoms with E-state index in [9.17, 15) is 9.59 Å². The van der Waals surface area contributed by atoms with Crippen LogP contribution in [0.3, 0.4) is 0 Å². The van der Waals surface area contributed by atoms with Crippen LogP contribution in [0.2, 0.25) is 0 Å². The predicted molar refractivity (Wildman–Crippen MR) is 67.7 cm³/mol. The standard InChI is InChI=1S/C13H14N2O5/c1-7-10(8(2)20-15-7)3-4-14-12(16)11-5-9(6-19-11)13(17)18/h5-6H,3-4H2,1-2H3,(H,14,16)(H,17,18). The fourth-order valence-corrected chi connectivity index (χ4v) is 1.81. The number of carbonyl (C=O) groups excluding carboxylic acids is 1. The highest BCUT2D eigenvalue weighted by Gasteiger charge is 2.15. The normalized spacial score (nSPS) is 10.5. The van der Waals surface area contributed by atoms with Gasteiger partial charge < -0.3 is 19.4 Å². The molecule has 0 aliphatic heterocycles. The lowest BCUT2D eigenvalue weighted by atomic mass is 10.1. The van der Waals surface area contributed by atoms with Gasteiger partial charge in [0.15, 0.2) is 5.76 Å². The first-order valence-electron chi connectivity index (χ1n) is 6.01. The van der Waals surface area contributed by atoms with Crippen molar-refractivity contribution in [3.8, 4) is 0 Å². The van der Waals surface area contributed by atoms with Crippen LogP contribution in [0.15, 0.2) is 21.3 Å². The Morgan fingerprint density at radius 1 is 1.40 bits per heavy atom. The first kappa shape index (κ1) is 13.9. The van der Waals surface area contributed by atoms with Gasteiger partial charge in [0.25, 0.3) is 5.91 Å². The number of nitrogens with one attached hydrogen (secondary N) is 1. The van der Waals surface area contributed by atoms with Gasteiger partial charge in [-0.15, -0.1) is 0 Å². The van der Waals surface area contributed by atoms with Crippen molar-refractivity contribution in [2.24, 2.45) is 0 Å². The molecule has 0 fully saturated rings. The highest BCUT2D eigenvalue weighted by molar-refractivity contribution is 5.95. The maximum atomic E-state index is 11.7. The van der Waals surface area contributed by atoms with Crippen LogP contribution < -0.4 is 5.32 Å². The molecule has 0 spiro atoms. The second-order valence-electron chi connectivity index (χ2n) is 4.31. The molecule has 0 aliphatic rings. The maximum Gasteiger partial charge on any atom is 0.338 e. The van der Waals surface area contributed by atoms with Gasteiger partial charge in [0.1, 0.15) is 12.0 Å². The van der Waals surface area contributed by atoms with Crippen LogP contribution in [-0.2, 0) is 6.42 Å². The Hall–Kier alpha value is -2.57. The zero-order valence-corrected chi connectivity index (χ0v) is 11.1. The number of carboxylic acids is 1. The second kappa shape index (κ2) is 5.60. The van der Waals surface area contributed by atoms with E-state index >= 15 is 0 Å². The van der Waals surface area contributed by atoms with E-state index in [0.29, 0.717) is 13.0 Å². The molecule has 0 saturated carbocycles. The van der Waals surface area contributed by atoms with Crippen molar-refractivity contribution in [1.82, 2.24) is 10.5 Å². The summed E-state index contributed by atoms with van der Waals surface area (Å²) in [5.74, 6) is -0.892. The summed E-state index contributed by atoms with van der Waals surface area (Å²) in [7, 11) is 0. The van der Waals surface area contributed by atoms with Gasteiger partial charge in [0.2, 0.25) is 0 Å². The van der Waals surface area contributed by atoms with Gasteiger partial charge in [-0.2, -0.15) is 0 Å². The van der Waals surface area contributed by atoms with Crippen molar-refractivity contribution in [3.63, 3.8) is 0 Å². The number of hydrogen-bond acceptors (Lipinski definition) is 5. The molecule has 2 N–H and O–H groups in total. The molecule has 20 heavy (non-hydrogen) atoms. The first-order chi connectivity index (χ1) is 9.49. The van der Waals surface area contributed by atoms with E-state index in [-0.39, 0.29) is 11.3 Å². The van der Waals surface area contributed by atoms with Crippen LogP contribution >= 0.6 is 0 Å². The Labute approximate surface area is 114 Å². The molecule has 0 unspecified atom stereocenters. The van der Waals surface area contributed by atoms with Crippen molar-refractivity contribution in [1.29, 1.82) is 0 Å². The van der Waals surface area contributed by atoms with Gasteiger partial charge in [-0.3, -0.25) is 4.79 Å². The minimum Gasteiger partial charge on any atom is -0.478 e. The molecular formula is C13H14N2O5. The molecule has 2 heterocycles. The lowest BCUT2D eigenvalue weighted by Crippen LogP contribution is -2.25. The third-order valence-electron chi connectivity index (χ3n) is 2.91. The Kier molecular flexibility index (Phi) is 3.88. The minimum absolute atomic E-state index is 0.0267. The van der Waals surface area contributed by atoms with Crippen LogP contribution in [-0.4, -0.2) is 28.7 Å². The number of aryl methyl sites for hydroxylation is 2. The Morgan fingerprint density at radius 2 is 2.15 bits per heavy atom. The lowest BCUT2D eigenvalue weighted by molar-refractivity contribution is 0.0696. The number of carbonyl (C=O) groups is 2. The van der Waals surface area contributed by atoms with Gasteiger partial charge >= 0.3 is 5.97 Å². The molecule has 106 valence electrons. The summed E-state index contributed by atoms with van der Waals surface area (Å²) in [6, 6.07) is 1.19. The Balaban J connectivity index is 1.90. The smallest absolute Gasteiger partial charge is 0.338 e. The summed E-state index contributed by atoms with van der Waals surface area (Å²) in [5.41, 5.74) is 1.69. The summed E-state index contributed by atoms with van der Waals surface area (Å²) in [6.45, 7) is 4.02. The molecule has 7 nitrogen and oxygen atoms in total. The zero-order chi connectivity index (χ0) is 14.7. The fourth-order valence-electron chi connectivity index (χ4n) is 1.81. The largest absolute Gasteiger partial charge is 0.478 e. The summed E-state index contributed by atoms with van der Waals surface area (Å²) in [4.78, 5) is 22.4. The van der Waals surface area contributed by atoms with Crippen LogP contribution in [0.1, 0.15) is 37.9 Å². The van der Waals surface area contributed by atoms with Crippen molar-refractivity contribution in [2.75, 3.05) is 6.54 Å². The zero-order valence-electron chi connectivity index (χ0n) is 11.1. The van der Waals surface area contributed by atoms with E-state index < -0.39 is 11.9 Å². The van der Waals surface area contributed by atoms with E-state index in [4.69, 9.17) is 14.0 Å². The topological polar surface area (TPSA) is 106 Å². The Morgan fingerprint density at radius 3 is 2.70 bits per heavy atom. The predicted octanol–water partition coefficient (Wildman–Crippen LogP) is 1.56. The highest BCUT2D eigenvalue weighted by atomic mass is 16.5. The molecule has 7 heteroatoms. The van der Waals surface area contributed by atoms with E-state index in [0.717, 1.165) is 23.3 Å². The molecule has 2 aromatic rings. The molecular weight excluding hydrogens is 264 g/mol. The number of carboxylic acid groups (broad SMARTS) is 1. The van der Waals surface area contributed by atoms with E-state index in [2.05, 4.69) is 10.5 Å². The second-order valence-corrected chi connectivity index (χ2v) is 4.31. The highest BCUT2D eigenvalue weighted by Crippen LogP contribution is 2.12. The molecule has 0 radical (unpaired) electrons. The Bertz CT molecular complexity index is 621. The minimum atomic E-state index is -1.14. The van der Waals surface area contributed by atoms with Gasteiger partial charge in [-0.25, -0.2) is 4.79 Å². The van der Waals surface area contributed by atoms with Crippen molar-refractivity contribution in [2.45, 2.75) is 20.3 Å². The molecule has 2 rings (SSSR count). The molecule has 2 aromatic heterocycles. The maximum absolute atomic E-state index is 11.7. The number of hydrogen-bond donors (Lipinski definition) is 2. The summed E-state index contributed by atoms with van der Waals surface area (Å²) in [5, 5.41) is 15.2. The summed E-state index contributed by atoms with van der Waals surface area (Å²) >= 11 is 0. The number of nitrogens with zero attached hydrogens (tertiary/aromatic N) is 1. The summed E-state index contributed by atoms with van der Waals surface area (Å²) in [6.07, 6.45) is 1.62. The third-order valence-corrected chi connectivity index (χ3v) is 2.91. The summed E-state index contributed by atoms with van der Waals surface area (Å²) < 4.78 is 9.92. The number of aromatic nitrogens is 1. The molecule has 0 atom stereocenters. The molecule has 0 aromatic carbocycles. The lowest BCUT2D eigenvalue weighted by Gasteiger charge is -2.02. The number of amides is 1. The molecule has 1 amide bonds. The quantitative estimate of drug-likeness (QED) is 0.859. The average molecular weight is 278 g/mol. The van der Waals surface area contributed by atoms with Crippen LogP contribution in [0, 0.1) is 13.8 Å². The third kappa shape index (κ3) is 2.87. The first-order valence-corrected chi connectivity index (χ1v) is 6.01. The van der Waals surface area contributed by atoms with Gasteiger partial charge in [-0.05, 0) is 20.3 Å². The van der Waals surface area contributed by atoms with Crippen molar-refractivity contribution < 1.29 is 23.6 Å². The van der Waals surface area contributed by atoms with Crippen LogP contribution in [0.25, 0.3) is 0 Å². The van der Waals surface area contributed by atoms with Gasteiger partial charge in [0.05, 0.1) is 11.3 Å². The molecule has 0 saturated heterocycles. The van der Waals surface area contributed by atoms with Gasteiger partial charge in [0, 0.05) is 18.2 Å². The van der Waals surface area contributed by atoms with Crippen LogP contribution in [0.5, 0.6) is 0 Å². The molecule has 0 bridgehead atoms. The van der Waals surface area contributed by atoms with Crippen LogP contribution in [0.4, 0.5) is 0 Å².